The van der Waals surface area contributed by atoms with Gasteiger partial charge < -0.3 is 14.5 Å². The molecule has 1 N–H and O–H groups in total. The monoisotopic (exact) mass is 440 g/mol. The molecule has 5 nitrogen and oxygen atoms in total. The molecule has 3 aromatic carbocycles. The molecule has 4 aromatic rings. The van der Waals surface area contributed by atoms with Crippen molar-refractivity contribution in [2.24, 2.45) is 0 Å². The maximum atomic E-state index is 14.0. The molecule has 0 atom stereocenters. The first-order valence-electron chi connectivity index (χ1n) is 8.35. The molecule has 1 heterocycles. The van der Waals surface area contributed by atoms with Crippen molar-refractivity contribution in [1.29, 1.82) is 0 Å². The minimum absolute atomic E-state index is 0.185. The van der Waals surface area contributed by atoms with Crippen LogP contribution in [0.4, 0.5) is 10.1 Å². The molecular formula is C21H14BrFN2O3. The second kappa shape index (κ2) is 7.44. The fourth-order valence-electron chi connectivity index (χ4n) is 2.81. The molecule has 0 fully saturated rings. The predicted octanol–water partition coefficient (Wildman–Crippen LogP) is 5.66. The number of methoxy groups -OCH3 is 1. The molecule has 0 bridgehead atoms. The molecule has 7 heteroatoms. The van der Waals surface area contributed by atoms with Crippen molar-refractivity contribution in [3.05, 3.63) is 76.5 Å². The van der Waals surface area contributed by atoms with E-state index in [1.54, 1.807) is 54.6 Å². The third-order valence-corrected chi connectivity index (χ3v) is 4.65. The number of halogens is 2. The van der Waals surface area contributed by atoms with Crippen molar-refractivity contribution in [2.45, 2.75) is 0 Å². The highest BCUT2D eigenvalue weighted by atomic mass is 79.9. The number of nitrogens with zero attached hydrogens (tertiary/aromatic N) is 1. The van der Waals surface area contributed by atoms with E-state index in [2.05, 4.69) is 26.2 Å². The summed E-state index contributed by atoms with van der Waals surface area (Å²) in [5, 5.41) is 2.82. The van der Waals surface area contributed by atoms with Crippen LogP contribution in [-0.4, -0.2) is 18.0 Å². The summed E-state index contributed by atoms with van der Waals surface area (Å²) in [5.41, 5.74) is 2.22. The number of hydrogen-bond acceptors (Lipinski definition) is 4. The van der Waals surface area contributed by atoms with Gasteiger partial charge in [0.25, 0.3) is 5.91 Å². The second-order valence-corrected chi connectivity index (χ2v) is 6.90. The molecule has 0 unspecified atom stereocenters. The lowest BCUT2D eigenvalue weighted by Crippen LogP contribution is -2.13. The topological polar surface area (TPSA) is 64.4 Å². The van der Waals surface area contributed by atoms with Gasteiger partial charge in [0.15, 0.2) is 5.58 Å². The molecule has 1 amide bonds. The van der Waals surface area contributed by atoms with Gasteiger partial charge in [0.2, 0.25) is 5.89 Å². The molecule has 0 aliphatic heterocycles. The normalized spacial score (nSPS) is 10.8. The van der Waals surface area contributed by atoms with E-state index in [1.807, 2.05) is 0 Å². The first kappa shape index (κ1) is 18.2. The van der Waals surface area contributed by atoms with E-state index in [0.29, 0.717) is 28.1 Å². The Kier molecular flexibility index (Phi) is 4.83. The van der Waals surface area contributed by atoms with Gasteiger partial charge in [-0.05, 0) is 48.5 Å². The Hall–Kier alpha value is -3.19. The van der Waals surface area contributed by atoms with E-state index in [0.717, 1.165) is 4.47 Å². The molecule has 1 aromatic heterocycles. The van der Waals surface area contributed by atoms with Crippen LogP contribution in [0.1, 0.15) is 10.4 Å². The number of fused-ring (bicyclic) bond motifs is 1. The van der Waals surface area contributed by atoms with Crippen molar-refractivity contribution < 1.29 is 18.3 Å². The summed E-state index contributed by atoms with van der Waals surface area (Å²) < 4.78 is 25.6. The molecule has 4 rings (SSSR count). The highest BCUT2D eigenvalue weighted by Gasteiger charge is 2.15. The van der Waals surface area contributed by atoms with Crippen LogP contribution < -0.4 is 10.1 Å². The Balaban J connectivity index is 1.65. The maximum absolute atomic E-state index is 14.0. The lowest BCUT2D eigenvalue weighted by atomic mass is 10.2. The Morgan fingerprint density at radius 3 is 2.75 bits per heavy atom. The lowest BCUT2D eigenvalue weighted by Gasteiger charge is -2.09. The number of ether oxygens (including phenoxy) is 1. The van der Waals surface area contributed by atoms with E-state index >= 15 is 0 Å². The summed E-state index contributed by atoms with van der Waals surface area (Å²) in [4.78, 5) is 17.0. The molecule has 0 radical (unpaired) electrons. The van der Waals surface area contributed by atoms with Crippen LogP contribution in [0.15, 0.2) is 69.6 Å². The number of benzene rings is 3. The number of anilines is 1. The number of hydrogen-bond donors (Lipinski definition) is 1. The van der Waals surface area contributed by atoms with E-state index in [4.69, 9.17) is 9.15 Å². The third-order valence-electron chi connectivity index (χ3n) is 4.16. The van der Waals surface area contributed by atoms with Crippen LogP contribution in [-0.2, 0) is 0 Å². The smallest absolute Gasteiger partial charge is 0.259 e. The average Bonchev–Trinajstić information content (AvgIpc) is 3.11. The van der Waals surface area contributed by atoms with Crippen molar-refractivity contribution in [2.75, 3.05) is 12.4 Å². The number of carbonyl (C=O) groups excluding carboxylic acids is 1. The summed E-state index contributed by atoms with van der Waals surface area (Å²) in [6, 6.07) is 16.5. The highest BCUT2D eigenvalue weighted by molar-refractivity contribution is 9.10. The quantitative estimate of drug-likeness (QED) is 0.444. The zero-order valence-electron chi connectivity index (χ0n) is 14.7. The molecular weight excluding hydrogens is 427 g/mol. The molecule has 0 spiro atoms. The third kappa shape index (κ3) is 3.48. The number of rotatable bonds is 4. The Bertz CT molecular complexity index is 1190. The van der Waals surface area contributed by atoms with Crippen LogP contribution in [0.2, 0.25) is 0 Å². The Morgan fingerprint density at radius 1 is 1.14 bits per heavy atom. The van der Waals surface area contributed by atoms with Crippen LogP contribution in [0.5, 0.6) is 5.75 Å². The number of nitrogens with one attached hydrogen (secondary N) is 1. The van der Waals surface area contributed by atoms with Crippen molar-refractivity contribution >= 4 is 38.6 Å². The molecule has 0 aliphatic carbocycles. The number of aromatic nitrogens is 1. The van der Waals surface area contributed by atoms with Crippen molar-refractivity contribution in [3.63, 3.8) is 0 Å². The first-order chi connectivity index (χ1) is 13.5. The molecule has 140 valence electrons. The van der Waals surface area contributed by atoms with Gasteiger partial charge in [0, 0.05) is 10.2 Å². The Morgan fingerprint density at radius 2 is 1.96 bits per heavy atom. The first-order valence-corrected chi connectivity index (χ1v) is 9.15. The van der Waals surface area contributed by atoms with Gasteiger partial charge in [-0.2, -0.15) is 0 Å². The van der Waals surface area contributed by atoms with Crippen LogP contribution in [0, 0.1) is 5.82 Å². The molecule has 0 saturated heterocycles. The second-order valence-electron chi connectivity index (χ2n) is 5.98. The van der Waals surface area contributed by atoms with Gasteiger partial charge in [0.05, 0.1) is 18.2 Å². The Labute approximate surface area is 168 Å². The number of amides is 1. The summed E-state index contributed by atoms with van der Waals surface area (Å²) in [7, 11) is 1.51. The van der Waals surface area contributed by atoms with E-state index in [1.165, 1.54) is 13.2 Å². The van der Waals surface area contributed by atoms with Crippen LogP contribution >= 0.6 is 15.9 Å². The van der Waals surface area contributed by atoms with Gasteiger partial charge in [-0.15, -0.1) is 0 Å². The van der Waals surface area contributed by atoms with Gasteiger partial charge in [-0.3, -0.25) is 4.79 Å². The van der Waals surface area contributed by atoms with Gasteiger partial charge >= 0.3 is 0 Å². The standard InChI is InChI=1S/C21H14BrFN2O3/c1-27-18-8-6-12(22)10-15(18)20(26)24-13-7-9-19-17(11-13)25-21(28-19)14-4-2-3-5-16(14)23/h2-11H,1H3,(H,24,26). The van der Waals surface area contributed by atoms with Gasteiger partial charge in [-0.25, -0.2) is 9.37 Å². The predicted molar refractivity (Wildman–Crippen MR) is 108 cm³/mol. The largest absolute Gasteiger partial charge is 0.496 e. The van der Waals surface area contributed by atoms with Gasteiger partial charge in [0.1, 0.15) is 17.1 Å². The molecule has 0 aliphatic rings. The van der Waals surface area contributed by atoms with Crippen LogP contribution in [0.3, 0.4) is 0 Å². The maximum Gasteiger partial charge on any atom is 0.259 e. The summed E-state index contributed by atoms with van der Waals surface area (Å²) in [6.07, 6.45) is 0. The van der Waals surface area contributed by atoms with E-state index in [9.17, 15) is 9.18 Å². The van der Waals surface area contributed by atoms with E-state index in [-0.39, 0.29) is 17.4 Å². The average molecular weight is 441 g/mol. The molecule has 28 heavy (non-hydrogen) atoms. The van der Waals surface area contributed by atoms with E-state index < -0.39 is 5.82 Å². The van der Waals surface area contributed by atoms with Crippen molar-refractivity contribution in [3.8, 4) is 17.2 Å². The van der Waals surface area contributed by atoms with Crippen LogP contribution in [0.25, 0.3) is 22.6 Å². The zero-order chi connectivity index (χ0) is 19.7. The SMILES string of the molecule is COc1ccc(Br)cc1C(=O)Nc1ccc2oc(-c3ccccc3F)nc2c1. The highest BCUT2D eigenvalue weighted by Crippen LogP contribution is 2.29. The lowest BCUT2D eigenvalue weighted by molar-refractivity contribution is 0.102. The fraction of sp³-hybridized carbons (Fsp3) is 0.0476. The minimum Gasteiger partial charge on any atom is -0.496 e. The number of oxazole rings is 1. The summed E-state index contributed by atoms with van der Waals surface area (Å²) >= 11 is 3.35. The minimum atomic E-state index is -0.413. The fourth-order valence-corrected chi connectivity index (χ4v) is 3.17. The zero-order valence-corrected chi connectivity index (χ0v) is 16.3. The number of carbonyl (C=O) groups is 1. The summed E-state index contributed by atoms with van der Waals surface area (Å²) in [6.45, 7) is 0. The summed E-state index contributed by atoms with van der Waals surface area (Å²) in [5.74, 6) is -0.0880. The van der Waals surface area contributed by atoms with Gasteiger partial charge in [-0.1, -0.05) is 28.1 Å². The molecule has 0 saturated carbocycles. The van der Waals surface area contributed by atoms with Crippen molar-refractivity contribution in [1.82, 2.24) is 4.98 Å².